The first kappa shape index (κ1) is 26.1. The van der Waals surface area contributed by atoms with Gasteiger partial charge in [-0.15, -0.1) is 0 Å². The molecule has 0 bridgehead atoms. The number of hydrogen-bond acceptors (Lipinski definition) is 6. The van der Waals surface area contributed by atoms with Gasteiger partial charge in [0.15, 0.2) is 0 Å². The third-order valence-corrected chi connectivity index (χ3v) is 8.98. The summed E-state index contributed by atoms with van der Waals surface area (Å²) in [4.78, 5) is 24.2. The molecule has 1 fully saturated rings. The summed E-state index contributed by atoms with van der Waals surface area (Å²) in [6.07, 6.45) is 8.05. The molecule has 4 heterocycles. The molecule has 8 nitrogen and oxygen atoms in total. The second kappa shape index (κ2) is 9.96. The van der Waals surface area contributed by atoms with Crippen molar-refractivity contribution in [1.29, 1.82) is 0 Å². The number of fused-ring (bicyclic) bond motifs is 1. The number of anilines is 1. The van der Waals surface area contributed by atoms with Crippen LogP contribution in [0.3, 0.4) is 0 Å². The largest absolute Gasteiger partial charge is 0.310 e. The Morgan fingerprint density at radius 2 is 1.74 bits per heavy atom. The molecule has 38 heavy (non-hydrogen) atoms. The third kappa shape index (κ3) is 5.08. The highest BCUT2D eigenvalue weighted by molar-refractivity contribution is 7.90. The Bertz CT molecular complexity index is 1580. The van der Waals surface area contributed by atoms with E-state index in [2.05, 4.69) is 41.0 Å². The lowest BCUT2D eigenvalue weighted by molar-refractivity contribution is -0.121. The number of nitrogens with zero attached hydrogens (tertiary/aromatic N) is 4. The van der Waals surface area contributed by atoms with Crippen molar-refractivity contribution in [3.05, 3.63) is 72.8 Å². The van der Waals surface area contributed by atoms with Crippen LogP contribution >= 0.6 is 0 Å². The predicted octanol–water partition coefficient (Wildman–Crippen LogP) is 5.09. The van der Waals surface area contributed by atoms with Gasteiger partial charge in [0, 0.05) is 41.0 Å². The predicted molar refractivity (Wildman–Crippen MR) is 149 cm³/mol. The highest BCUT2D eigenvalue weighted by Gasteiger charge is 2.30. The van der Waals surface area contributed by atoms with Gasteiger partial charge in [-0.1, -0.05) is 17.7 Å². The molecule has 4 aromatic rings. The molecule has 0 atom stereocenters. The molecule has 1 saturated heterocycles. The first-order valence-electron chi connectivity index (χ1n) is 12.8. The first-order valence-corrected chi connectivity index (χ1v) is 14.3. The van der Waals surface area contributed by atoms with Gasteiger partial charge >= 0.3 is 0 Å². The van der Waals surface area contributed by atoms with Crippen LogP contribution in [0.5, 0.6) is 0 Å². The Morgan fingerprint density at radius 3 is 2.42 bits per heavy atom. The second-order valence-corrected chi connectivity index (χ2v) is 12.7. The molecule has 0 unspecified atom stereocenters. The van der Waals surface area contributed by atoms with Crippen molar-refractivity contribution >= 4 is 32.7 Å². The average molecular weight is 532 g/mol. The maximum atomic E-state index is 13.5. The maximum absolute atomic E-state index is 13.5. The molecule has 1 aliphatic heterocycles. The van der Waals surface area contributed by atoms with Crippen LogP contribution in [0.25, 0.3) is 22.0 Å². The number of likely N-dealkylation sites (tertiary alicyclic amines) is 1. The van der Waals surface area contributed by atoms with Crippen molar-refractivity contribution in [3.8, 4) is 11.1 Å². The molecular formula is C29H33N5O3S. The number of hydrogen-bond donors (Lipinski definition) is 1. The minimum absolute atomic E-state index is 0.0308. The Balaban J connectivity index is 1.43. The number of rotatable bonds is 5. The van der Waals surface area contributed by atoms with E-state index in [9.17, 15) is 13.2 Å². The van der Waals surface area contributed by atoms with Crippen molar-refractivity contribution in [3.63, 3.8) is 0 Å². The van der Waals surface area contributed by atoms with Crippen molar-refractivity contribution in [2.45, 2.75) is 51.0 Å². The third-order valence-electron chi connectivity index (χ3n) is 7.29. The Hall–Kier alpha value is -3.56. The van der Waals surface area contributed by atoms with Crippen LogP contribution in [-0.4, -0.2) is 51.8 Å². The minimum Gasteiger partial charge on any atom is -0.310 e. The van der Waals surface area contributed by atoms with Gasteiger partial charge in [-0.05, 0) is 89.5 Å². The summed E-state index contributed by atoms with van der Waals surface area (Å²) in [6.45, 7) is 10.3. The van der Waals surface area contributed by atoms with E-state index in [1.807, 2.05) is 13.0 Å². The fourth-order valence-electron chi connectivity index (χ4n) is 5.01. The molecule has 5 rings (SSSR count). The number of benzene rings is 1. The summed E-state index contributed by atoms with van der Waals surface area (Å²) in [6, 6.07) is 12.2. The summed E-state index contributed by atoms with van der Waals surface area (Å²) in [5.41, 5.74) is 3.03. The van der Waals surface area contributed by atoms with E-state index in [0.29, 0.717) is 11.3 Å². The van der Waals surface area contributed by atoms with Crippen LogP contribution in [0, 0.1) is 12.8 Å². The number of aryl methyl sites for hydroxylation is 1. The zero-order chi connectivity index (χ0) is 27.1. The van der Waals surface area contributed by atoms with Crippen molar-refractivity contribution in [2.24, 2.45) is 5.92 Å². The van der Waals surface area contributed by atoms with Crippen LogP contribution in [0.4, 0.5) is 5.82 Å². The number of pyridine rings is 2. The Kier molecular flexibility index (Phi) is 6.83. The molecule has 1 N–H and O–H groups in total. The fourth-order valence-corrected chi connectivity index (χ4v) is 6.36. The molecule has 1 aromatic carbocycles. The van der Waals surface area contributed by atoms with Gasteiger partial charge in [0.2, 0.25) is 5.91 Å². The van der Waals surface area contributed by atoms with Crippen LogP contribution in [0.15, 0.2) is 72.1 Å². The van der Waals surface area contributed by atoms with Crippen LogP contribution in [0.2, 0.25) is 0 Å². The second-order valence-electron chi connectivity index (χ2n) is 10.9. The summed E-state index contributed by atoms with van der Waals surface area (Å²) in [7, 11) is -3.84. The SMILES string of the molecule is Cc1ccc(S(=O)(=O)n2cc(-c3ccnc(NC(=O)C4CCN(C(C)(C)C)CC4)c3)c3ccncc32)cc1. The standard InChI is InChI=1S/C29H33N5O3S/c1-20-5-7-23(8-6-20)38(36,37)34-19-25(24-10-13-30-18-26(24)34)22-9-14-31-27(17-22)32-28(35)21-11-15-33(16-12-21)29(2,3)4/h5-10,13-14,17-19,21H,11-12,15-16H2,1-4H3,(H,31,32,35). The van der Waals surface area contributed by atoms with E-state index < -0.39 is 10.0 Å². The lowest BCUT2D eigenvalue weighted by Gasteiger charge is -2.40. The van der Waals surface area contributed by atoms with E-state index in [1.165, 1.54) is 3.97 Å². The van der Waals surface area contributed by atoms with Crippen LogP contribution < -0.4 is 5.32 Å². The topological polar surface area (TPSA) is 97.2 Å². The van der Waals surface area contributed by atoms with Gasteiger partial charge in [-0.25, -0.2) is 17.4 Å². The first-order chi connectivity index (χ1) is 18.0. The number of nitrogens with one attached hydrogen (secondary N) is 1. The van der Waals surface area contributed by atoms with Gasteiger partial charge in [0.25, 0.3) is 10.0 Å². The van der Waals surface area contributed by atoms with E-state index in [-0.39, 0.29) is 22.3 Å². The molecule has 1 amide bonds. The van der Waals surface area contributed by atoms with Gasteiger partial charge < -0.3 is 5.32 Å². The molecule has 198 valence electrons. The normalized spacial score (nSPS) is 15.6. The number of carbonyl (C=O) groups is 1. The molecule has 9 heteroatoms. The molecule has 3 aromatic heterocycles. The van der Waals surface area contributed by atoms with Crippen molar-refractivity contribution in [2.75, 3.05) is 18.4 Å². The Morgan fingerprint density at radius 1 is 1.03 bits per heavy atom. The van der Waals surface area contributed by atoms with Gasteiger partial charge in [-0.3, -0.25) is 14.7 Å². The van der Waals surface area contributed by atoms with Crippen LogP contribution in [0.1, 0.15) is 39.2 Å². The monoisotopic (exact) mass is 531 g/mol. The summed E-state index contributed by atoms with van der Waals surface area (Å²) in [5.74, 6) is 0.352. The average Bonchev–Trinajstić information content (AvgIpc) is 3.29. The smallest absolute Gasteiger partial charge is 0.268 e. The van der Waals surface area contributed by atoms with Crippen LogP contribution in [-0.2, 0) is 14.8 Å². The highest BCUT2D eigenvalue weighted by Crippen LogP contribution is 2.33. The van der Waals surface area contributed by atoms with E-state index in [0.717, 1.165) is 48.0 Å². The van der Waals surface area contributed by atoms with Crippen molar-refractivity contribution in [1.82, 2.24) is 18.8 Å². The number of aromatic nitrogens is 3. The van der Waals surface area contributed by atoms with E-state index in [4.69, 9.17) is 0 Å². The maximum Gasteiger partial charge on any atom is 0.268 e. The Labute approximate surface area is 223 Å². The number of amides is 1. The molecule has 0 spiro atoms. The van der Waals surface area contributed by atoms with Crippen molar-refractivity contribution < 1.29 is 13.2 Å². The molecule has 0 saturated carbocycles. The number of piperidine rings is 1. The minimum atomic E-state index is -3.84. The number of carbonyl (C=O) groups excluding carboxylic acids is 1. The summed E-state index contributed by atoms with van der Waals surface area (Å²) >= 11 is 0. The fraction of sp³-hybridized carbons (Fsp3) is 0.345. The lowest BCUT2D eigenvalue weighted by atomic mass is 9.92. The highest BCUT2D eigenvalue weighted by atomic mass is 32.2. The lowest BCUT2D eigenvalue weighted by Crippen LogP contribution is -2.47. The van der Waals surface area contributed by atoms with Gasteiger partial charge in [-0.2, -0.15) is 0 Å². The zero-order valence-electron chi connectivity index (χ0n) is 22.2. The quantitative estimate of drug-likeness (QED) is 0.385. The van der Waals surface area contributed by atoms with Gasteiger partial charge in [0.1, 0.15) is 5.82 Å². The van der Waals surface area contributed by atoms with E-state index in [1.54, 1.807) is 61.2 Å². The molecule has 0 radical (unpaired) electrons. The summed E-state index contributed by atoms with van der Waals surface area (Å²) < 4.78 is 28.4. The van der Waals surface area contributed by atoms with Gasteiger partial charge in [0.05, 0.1) is 16.6 Å². The molecule has 0 aliphatic carbocycles. The van der Waals surface area contributed by atoms with E-state index >= 15 is 0 Å². The molecular weight excluding hydrogens is 498 g/mol. The summed E-state index contributed by atoms with van der Waals surface area (Å²) in [5, 5.41) is 3.73. The molecule has 1 aliphatic rings. The zero-order valence-corrected chi connectivity index (χ0v) is 23.0.